The molecule has 230 valence electrons. The van der Waals surface area contributed by atoms with E-state index in [9.17, 15) is 29.4 Å². The summed E-state index contributed by atoms with van der Waals surface area (Å²) in [6, 6.07) is 14.0. The minimum absolute atomic E-state index is 0.0281. The molecule has 0 heterocycles. The van der Waals surface area contributed by atoms with Crippen molar-refractivity contribution in [3.63, 3.8) is 0 Å². The Kier molecular flexibility index (Phi) is 13.3. The number of aliphatic carboxylic acids is 1. The third kappa shape index (κ3) is 10.3. The van der Waals surface area contributed by atoms with Crippen molar-refractivity contribution in [1.82, 2.24) is 10.6 Å². The summed E-state index contributed by atoms with van der Waals surface area (Å²) in [5, 5.41) is 26.2. The molecule has 0 aliphatic rings. The fourth-order valence-electron chi connectivity index (χ4n) is 4.95. The summed E-state index contributed by atoms with van der Waals surface area (Å²) in [7, 11) is 0. The third-order valence-corrected chi connectivity index (χ3v) is 7.25. The van der Waals surface area contributed by atoms with Gasteiger partial charge in [-0.1, -0.05) is 87.9 Å². The van der Waals surface area contributed by atoms with E-state index in [2.05, 4.69) is 10.6 Å². The number of carboxylic acid groups (broad SMARTS) is 1. The number of nitrogens with two attached hydrogens (primary N) is 2. The smallest absolute Gasteiger partial charge is 0.326 e. The molecule has 10 nitrogen and oxygen atoms in total. The first-order chi connectivity index (χ1) is 19.8. The van der Waals surface area contributed by atoms with Gasteiger partial charge in [-0.3, -0.25) is 14.4 Å². The second kappa shape index (κ2) is 16.1. The molecular weight excluding hydrogens is 536 g/mol. The van der Waals surface area contributed by atoms with Gasteiger partial charge in [-0.2, -0.15) is 0 Å². The maximum absolute atomic E-state index is 13.5. The van der Waals surface area contributed by atoms with Gasteiger partial charge in [-0.25, -0.2) is 4.79 Å². The molecule has 10 heteroatoms. The Bertz CT molecular complexity index is 1170. The number of carbonyl (C=O) groups excluding carboxylic acids is 3. The molecule has 2 aromatic rings. The Morgan fingerprint density at radius 3 is 2.02 bits per heavy atom. The van der Waals surface area contributed by atoms with Gasteiger partial charge in [-0.15, -0.1) is 0 Å². The van der Waals surface area contributed by atoms with Crippen LogP contribution in [0.4, 0.5) is 0 Å². The summed E-state index contributed by atoms with van der Waals surface area (Å²) in [4.78, 5) is 52.0. The average Bonchev–Trinajstić information content (AvgIpc) is 2.93. The highest BCUT2D eigenvalue weighted by Crippen LogP contribution is 2.27. The minimum atomic E-state index is -1.75. The molecule has 42 heavy (non-hydrogen) atoms. The van der Waals surface area contributed by atoms with Crippen molar-refractivity contribution < 1.29 is 29.4 Å². The molecule has 2 rings (SSSR count). The monoisotopic (exact) mass is 582 g/mol. The summed E-state index contributed by atoms with van der Waals surface area (Å²) in [6.07, 6.45) is -0.448. The van der Waals surface area contributed by atoms with Crippen LogP contribution >= 0.6 is 0 Å². The van der Waals surface area contributed by atoms with Crippen LogP contribution in [0.15, 0.2) is 60.7 Å². The topological polar surface area (TPSA) is 185 Å². The summed E-state index contributed by atoms with van der Waals surface area (Å²) in [5.74, 6) is -3.55. The standard InChI is InChI=1S/C32H46N4O6/c1-5-12-23(22-15-10-7-11-16-22)26(37)19-32(4,34)28(38)27(36-29(39)24(33)17-20(2)3)30(40)35-25(31(41)42)18-21-13-8-6-9-14-21/h6-11,13-16,20,23-25,27-28,38H,5,12,17-19,33-34H2,1-4H3,(H,35,40)(H,36,39)(H,41,42)/t23?,24-,25-,27-,28?,32?/m0/s1. The fourth-order valence-corrected chi connectivity index (χ4v) is 4.95. The number of benzene rings is 2. The van der Waals surface area contributed by atoms with Gasteiger partial charge >= 0.3 is 5.97 Å². The molecular formula is C32H46N4O6. The number of nitrogens with one attached hydrogen (secondary N) is 2. The van der Waals surface area contributed by atoms with E-state index in [0.717, 1.165) is 12.0 Å². The molecule has 0 aromatic heterocycles. The van der Waals surface area contributed by atoms with Crippen molar-refractivity contribution >= 4 is 23.6 Å². The number of Topliss-reactive ketones (excluding diaryl/α,β-unsaturated/α-hetero) is 1. The van der Waals surface area contributed by atoms with E-state index in [0.29, 0.717) is 18.4 Å². The van der Waals surface area contributed by atoms with Crippen LogP contribution in [0.25, 0.3) is 0 Å². The van der Waals surface area contributed by atoms with Crippen molar-refractivity contribution in [3.8, 4) is 0 Å². The first-order valence-electron chi connectivity index (χ1n) is 14.4. The van der Waals surface area contributed by atoms with Crippen molar-refractivity contribution in [2.24, 2.45) is 17.4 Å². The Morgan fingerprint density at radius 2 is 1.50 bits per heavy atom. The van der Waals surface area contributed by atoms with Crippen LogP contribution in [0.5, 0.6) is 0 Å². The van der Waals surface area contributed by atoms with Gasteiger partial charge < -0.3 is 32.3 Å². The second-order valence-electron chi connectivity index (χ2n) is 11.7. The summed E-state index contributed by atoms with van der Waals surface area (Å²) >= 11 is 0. The molecule has 0 saturated carbocycles. The van der Waals surface area contributed by atoms with Gasteiger partial charge in [0.05, 0.1) is 6.04 Å². The van der Waals surface area contributed by atoms with Crippen LogP contribution in [-0.2, 0) is 25.6 Å². The highest BCUT2D eigenvalue weighted by atomic mass is 16.4. The third-order valence-electron chi connectivity index (χ3n) is 7.25. The average molecular weight is 583 g/mol. The first kappa shape index (κ1) is 34.6. The number of carbonyl (C=O) groups is 4. The lowest BCUT2D eigenvalue weighted by Crippen LogP contribution is -2.66. The molecule has 3 unspecified atom stereocenters. The number of aliphatic hydroxyl groups excluding tert-OH is 1. The van der Waals surface area contributed by atoms with Crippen LogP contribution in [-0.4, -0.2) is 63.5 Å². The Labute approximate surface area is 248 Å². The van der Waals surface area contributed by atoms with Gasteiger partial charge in [0.2, 0.25) is 11.8 Å². The lowest BCUT2D eigenvalue weighted by atomic mass is 9.79. The highest BCUT2D eigenvalue weighted by Gasteiger charge is 2.43. The normalized spacial score (nSPS) is 16.4. The number of amides is 2. The second-order valence-corrected chi connectivity index (χ2v) is 11.7. The quantitative estimate of drug-likeness (QED) is 0.164. The van der Waals surface area contributed by atoms with Crippen LogP contribution < -0.4 is 22.1 Å². The molecule has 0 aliphatic heterocycles. The minimum Gasteiger partial charge on any atom is -0.480 e. The number of ketones is 1. The maximum Gasteiger partial charge on any atom is 0.326 e. The largest absolute Gasteiger partial charge is 0.480 e. The van der Waals surface area contributed by atoms with Crippen LogP contribution in [0, 0.1) is 5.92 Å². The van der Waals surface area contributed by atoms with Crippen LogP contribution in [0.1, 0.15) is 70.4 Å². The van der Waals surface area contributed by atoms with E-state index >= 15 is 0 Å². The molecule has 0 bridgehead atoms. The van der Waals surface area contributed by atoms with E-state index < -0.39 is 53.5 Å². The summed E-state index contributed by atoms with van der Waals surface area (Å²) in [5.41, 5.74) is 12.4. The molecule has 8 N–H and O–H groups in total. The number of hydrogen-bond donors (Lipinski definition) is 6. The summed E-state index contributed by atoms with van der Waals surface area (Å²) < 4.78 is 0. The van der Waals surface area contributed by atoms with Crippen LogP contribution in [0.3, 0.4) is 0 Å². The lowest BCUT2D eigenvalue weighted by molar-refractivity contribution is -0.143. The molecule has 0 aliphatic carbocycles. The van der Waals surface area contributed by atoms with E-state index in [-0.39, 0.29) is 24.5 Å². The lowest BCUT2D eigenvalue weighted by Gasteiger charge is -2.36. The first-order valence-corrected chi connectivity index (χ1v) is 14.4. The van der Waals surface area contributed by atoms with Gasteiger partial charge in [-0.05, 0) is 36.8 Å². The zero-order valence-electron chi connectivity index (χ0n) is 25.0. The molecule has 0 fully saturated rings. The van der Waals surface area contributed by atoms with Gasteiger partial charge in [0.1, 0.15) is 24.0 Å². The number of aliphatic hydroxyl groups is 1. The zero-order chi connectivity index (χ0) is 31.4. The molecule has 0 radical (unpaired) electrons. The van der Waals surface area contributed by atoms with Gasteiger partial charge in [0.15, 0.2) is 0 Å². The van der Waals surface area contributed by atoms with Gasteiger partial charge in [0.25, 0.3) is 0 Å². The van der Waals surface area contributed by atoms with Crippen molar-refractivity contribution in [2.75, 3.05) is 0 Å². The van der Waals surface area contributed by atoms with E-state index in [1.807, 2.05) is 51.1 Å². The Morgan fingerprint density at radius 1 is 0.929 bits per heavy atom. The van der Waals surface area contributed by atoms with Crippen LogP contribution in [0.2, 0.25) is 0 Å². The van der Waals surface area contributed by atoms with E-state index in [4.69, 9.17) is 11.5 Å². The molecule has 0 saturated heterocycles. The number of hydrogen-bond acceptors (Lipinski definition) is 7. The SMILES string of the molecule is CCCC(C(=O)CC(C)(N)C(O)[C@H](NC(=O)[C@@H](N)CC(C)C)C(=O)N[C@@H](Cc1ccccc1)C(=O)O)c1ccccc1. The van der Waals surface area contributed by atoms with Crippen molar-refractivity contribution in [3.05, 3.63) is 71.8 Å². The predicted octanol–water partition coefficient (Wildman–Crippen LogP) is 2.28. The van der Waals surface area contributed by atoms with E-state index in [1.54, 1.807) is 30.3 Å². The Hall–Kier alpha value is -3.60. The van der Waals surface area contributed by atoms with Gasteiger partial charge in [0, 0.05) is 24.3 Å². The van der Waals surface area contributed by atoms with E-state index in [1.165, 1.54) is 6.92 Å². The fraction of sp³-hybridized carbons (Fsp3) is 0.500. The summed E-state index contributed by atoms with van der Waals surface area (Å²) in [6.45, 7) is 7.16. The number of rotatable bonds is 17. The highest BCUT2D eigenvalue weighted by molar-refractivity contribution is 5.93. The van der Waals surface area contributed by atoms with Crippen molar-refractivity contribution in [1.29, 1.82) is 0 Å². The number of carboxylic acids is 1. The molecule has 6 atom stereocenters. The zero-order valence-corrected chi connectivity index (χ0v) is 25.0. The predicted molar refractivity (Wildman–Crippen MR) is 161 cm³/mol. The molecule has 2 aromatic carbocycles. The maximum atomic E-state index is 13.5. The van der Waals surface area contributed by atoms with Crippen molar-refractivity contribution in [2.45, 2.75) is 95.5 Å². The molecule has 0 spiro atoms. The molecule has 2 amide bonds. The Balaban J connectivity index is 2.34.